The lowest BCUT2D eigenvalue weighted by molar-refractivity contribution is 0.0697. The second kappa shape index (κ2) is 4.43. The SMILES string of the molecule is CC(C)(C)CNc1ccc(C(=O)O)cc1N. The molecule has 1 rings (SSSR count). The van der Waals surface area contributed by atoms with E-state index in [1.165, 1.54) is 6.07 Å². The molecular weight excluding hydrogens is 204 g/mol. The number of aromatic carboxylic acids is 1. The number of hydrogen-bond donors (Lipinski definition) is 3. The van der Waals surface area contributed by atoms with Crippen LogP contribution < -0.4 is 11.1 Å². The van der Waals surface area contributed by atoms with Crippen LogP contribution in [0.25, 0.3) is 0 Å². The molecule has 0 unspecified atom stereocenters. The summed E-state index contributed by atoms with van der Waals surface area (Å²) in [6, 6.07) is 4.71. The van der Waals surface area contributed by atoms with Crippen LogP contribution in [0.5, 0.6) is 0 Å². The van der Waals surface area contributed by atoms with Crippen molar-refractivity contribution in [3.63, 3.8) is 0 Å². The molecule has 0 radical (unpaired) electrons. The Balaban J connectivity index is 2.80. The third kappa shape index (κ3) is 3.46. The highest BCUT2D eigenvalue weighted by Crippen LogP contribution is 2.22. The number of hydrogen-bond acceptors (Lipinski definition) is 3. The minimum Gasteiger partial charge on any atom is -0.478 e. The molecule has 0 aliphatic heterocycles. The van der Waals surface area contributed by atoms with Gasteiger partial charge in [0.2, 0.25) is 0 Å². The molecule has 4 heteroatoms. The highest BCUT2D eigenvalue weighted by atomic mass is 16.4. The normalized spacial score (nSPS) is 11.2. The Bertz CT molecular complexity index is 394. The molecule has 4 nitrogen and oxygen atoms in total. The molecule has 0 aliphatic carbocycles. The molecule has 4 N–H and O–H groups in total. The van der Waals surface area contributed by atoms with Crippen molar-refractivity contribution < 1.29 is 9.90 Å². The third-order valence-corrected chi connectivity index (χ3v) is 2.11. The molecular formula is C12H18N2O2. The smallest absolute Gasteiger partial charge is 0.335 e. The van der Waals surface area contributed by atoms with E-state index in [-0.39, 0.29) is 11.0 Å². The van der Waals surface area contributed by atoms with Gasteiger partial charge in [-0.3, -0.25) is 0 Å². The number of nitrogens with two attached hydrogens (primary N) is 1. The van der Waals surface area contributed by atoms with E-state index in [9.17, 15) is 4.79 Å². The largest absolute Gasteiger partial charge is 0.478 e. The fraction of sp³-hybridized carbons (Fsp3) is 0.417. The Morgan fingerprint density at radius 3 is 2.50 bits per heavy atom. The van der Waals surface area contributed by atoms with Crippen molar-refractivity contribution in [1.82, 2.24) is 0 Å². The van der Waals surface area contributed by atoms with Crippen LogP contribution in [0.1, 0.15) is 31.1 Å². The molecule has 0 spiro atoms. The second-order valence-corrected chi connectivity index (χ2v) is 5.02. The first-order chi connectivity index (χ1) is 7.29. The zero-order valence-corrected chi connectivity index (χ0v) is 9.87. The number of benzene rings is 1. The predicted molar refractivity (Wildman–Crippen MR) is 65.8 cm³/mol. The number of anilines is 2. The third-order valence-electron chi connectivity index (χ3n) is 2.11. The molecule has 1 aromatic carbocycles. The van der Waals surface area contributed by atoms with Gasteiger partial charge < -0.3 is 16.2 Å². The summed E-state index contributed by atoms with van der Waals surface area (Å²) in [4.78, 5) is 10.7. The minimum atomic E-state index is -0.964. The molecule has 1 aromatic rings. The number of carboxylic acids is 1. The molecule has 0 bridgehead atoms. The van der Waals surface area contributed by atoms with E-state index in [0.717, 1.165) is 12.2 Å². The van der Waals surface area contributed by atoms with Crippen molar-refractivity contribution in [2.24, 2.45) is 5.41 Å². The van der Waals surface area contributed by atoms with Crippen LogP contribution >= 0.6 is 0 Å². The standard InChI is InChI=1S/C12H18N2O2/c1-12(2,3)7-14-10-5-4-8(11(15)16)6-9(10)13/h4-6,14H,7,13H2,1-3H3,(H,15,16). The topological polar surface area (TPSA) is 75.3 Å². The van der Waals surface area contributed by atoms with Crippen molar-refractivity contribution in [3.05, 3.63) is 23.8 Å². The van der Waals surface area contributed by atoms with Crippen LogP contribution in [0.2, 0.25) is 0 Å². The number of carbonyl (C=O) groups is 1. The molecule has 0 heterocycles. The van der Waals surface area contributed by atoms with Crippen molar-refractivity contribution in [3.8, 4) is 0 Å². The van der Waals surface area contributed by atoms with Crippen LogP contribution in [0.3, 0.4) is 0 Å². The van der Waals surface area contributed by atoms with E-state index in [2.05, 4.69) is 26.1 Å². The number of nitrogen functional groups attached to an aromatic ring is 1. The van der Waals surface area contributed by atoms with E-state index >= 15 is 0 Å². The van der Waals surface area contributed by atoms with Gasteiger partial charge in [-0.05, 0) is 23.6 Å². The van der Waals surface area contributed by atoms with Gasteiger partial charge in [0.15, 0.2) is 0 Å². The molecule has 0 atom stereocenters. The van der Waals surface area contributed by atoms with Gasteiger partial charge in [0.1, 0.15) is 0 Å². The van der Waals surface area contributed by atoms with E-state index in [1.54, 1.807) is 12.1 Å². The monoisotopic (exact) mass is 222 g/mol. The summed E-state index contributed by atoms with van der Waals surface area (Å²) in [6.07, 6.45) is 0. The van der Waals surface area contributed by atoms with Crippen LogP contribution in [0.4, 0.5) is 11.4 Å². The number of carboxylic acid groups (broad SMARTS) is 1. The van der Waals surface area contributed by atoms with Gasteiger partial charge >= 0.3 is 5.97 Å². The van der Waals surface area contributed by atoms with Gasteiger partial charge in [-0.1, -0.05) is 20.8 Å². The maximum absolute atomic E-state index is 10.7. The molecule has 0 saturated carbocycles. The van der Waals surface area contributed by atoms with Crippen molar-refractivity contribution in [1.29, 1.82) is 0 Å². The molecule has 0 amide bonds. The summed E-state index contributed by atoms with van der Waals surface area (Å²) in [5.74, 6) is -0.964. The molecule has 16 heavy (non-hydrogen) atoms. The summed E-state index contributed by atoms with van der Waals surface area (Å²) >= 11 is 0. The van der Waals surface area contributed by atoms with Crippen LogP contribution in [0, 0.1) is 5.41 Å². The zero-order chi connectivity index (χ0) is 12.3. The first-order valence-electron chi connectivity index (χ1n) is 5.16. The van der Waals surface area contributed by atoms with Crippen LogP contribution in [-0.4, -0.2) is 17.6 Å². The Labute approximate surface area is 95.5 Å². The van der Waals surface area contributed by atoms with E-state index < -0.39 is 5.97 Å². The number of rotatable bonds is 3. The van der Waals surface area contributed by atoms with Gasteiger partial charge in [-0.2, -0.15) is 0 Å². The Morgan fingerprint density at radius 1 is 1.44 bits per heavy atom. The summed E-state index contributed by atoms with van der Waals surface area (Å²) in [5.41, 5.74) is 7.36. The molecule has 88 valence electrons. The van der Waals surface area contributed by atoms with Gasteiger partial charge in [0.25, 0.3) is 0 Å². The fourth-order valence-corrected chi connectivity index (χ4v) is 1.22. The van der Waals surface area contributed by atoms with E-state index in [1.807, 2.05) is 0 Å². The predicted octanol–water partition coefficient (Wildman–Crippen LogP) is 2.43. The summed E-state index contributed by atoms with van der Waals surface area (Å²) < 4.78 is 0. The van der Waals surface area contributed by atoms with Gasteiger partial charge in [0.05, 0.1) is 16.9 Å². The fourth-order valence-electron chi connectivity index (χ4n) is 1.22. The van der Waals surface area contributed by atoms with Crippen LogP contribution in [0.15, 0.2) is 18.2 Å². The highest BCUT2D eigenvalue weighted by Gasteiger charge is 2.11. The van der Waals surface area contributed by atoms with Gasteiger partial charge in [-0.25, -0.2) is 4.79 Å². The first kappa shape index (κ1) is 12.4. The van der Waals surface area contributed by atoms with Gasteiger partial charge in [-0.15, -0.1) is 0 Å². The van der Waals surface area contributed by atoms with Crippen molar-refractivity contribution in [2.75, 3.05) is 17.6 Å². The average molecular weight is 222 g/mol. The van der Waals surface area contributed by atoms with E-state index in [0.29, 0.717) is 5.69 Å². The Hall–Kier alpha value is -1.71. The minimum absolute atomic E-state index is 0.151. The Morgan fingerprint density at radius 2 is 2.06 bits per heavy atom. The number of nitrogens with one attached hydrogen (secondary N) is 1. The van der Waals surface area contributed by atoms with Crippen LogP contribution in [-0.2, 0) is 0 Å². The maximum atomic E-state index is 10.7. The lowest BCUT2D eigenvalue weighted by Crippen LogP contribution is -2.19. The Kier molecular flexibility index (Phi) is 3.42. The van der Waals surface area contributed by atoms with E-state index in [4.69, 9.17) is 10.8 Å². The van der Waals surface area contributed by atoms with Crippen molar-refractivity contribution >= 4 is 17.3 Å². The highest BCUT2D eigenvalue weighted by molar-refractivity contribution is 5.90. The summed E-state index contributed by atoms with van der Waals surface area (Å²) in [6.45, 7) is 7.12. The molecule has 0 fully saturated rings. The zero-order valence-electron chi connectivity index (χ0n) is 9.87. The second-order valence-electron chi connectivity index (χ2n) is 5.02. The first-order valence-corrected chi connectivity index (χ1v) is 5.16. The molecule has 0 saturated heterocycles. The average Bonchev–Trinajstić information content (AvgIpc) is 2.14. The van der Waals surface area contributed by atoms with Gasteiger partial charge in [0, 0.05) is 6.54 Å². The summed E-state index contributed by atoms with van der Waals surface area (Å²) in [5, 5.41) is 12.0. The van der Waals surface area contributed by atoms with Crippen molar-refractivity contribution in [2.45, 2.75) is 20.8 Å². The maximum Gasteiger partial charge on any atom is 0.335 e. The summed E-state index contributed by atoms with van der Waals surface area (Å²) in [7, 11) is 0. The lowest BCUT2D eigenvalue weighted by atomic mass is 9.97. The molecule has 0 aliphatic rings. The lowest BCUT2D eigenvalue weighted by Gasteiger charge is -2.20. The molecule has 0 aromatic heterocycles. The quantitative estimate of drug-likeness (QED) is 0.686.